The lowest BCUT2D eigenvalue weighted by molar-refractivity contribution is 0.459. The molecule has 1 heterocycles. The standard InChI is InChI=1S/C12H9Cl2FN2O/c1-16-11-9(13)6-10(14)12(17-11)18-8-4-2-3-7(15)5-8/h2-6H,1H3,(H,16,17). The summed E-state index contributed by atoms with van der Waals surface area (Å²) in [7, 11) is 1.67. The summed E-state index contributed by atoms with van der Waals surface area (Å²) in [4.78, 5) is 4.10. The summed E-state index contributed by atoms with van der Waals surface area (Å²) in [6, 6.07) is 7.22. The van der Waals surface area contributed by atoms with Crippen LogP contribution in [0.4, 0.5) is 10.2 Å². The van der Waals surface area contributed by atoms with Gasteiger partial charge in [-0.15, -0.1) is 0 Å². The quantitative estimate of drug-likeness (QED) is 0.910. The normalized spacial score (nSPS) is 10.2. The summed E-state index contributed by atoms with van der Waals surface area (Å²) in [5, 5.41) is 3.44. The minimum atomic E-state index is -0.397. The largest absolute Gasteiger partial charge is 0.437 e. The number of ether oxygens (including phenoxy) is 1. The van der Waals surface area contributed by atoms with Crippen LogP contribution >= 0.6 is 23.2 Å². The fraction of sp³-hybridized carbons (Fsp3) is 0.0833. The van der Waals surface area contributed by atoms with Crippen molar-refractivity contribution in [2.24, 2.45) is 0 Å². The van der Waals surface area contributed by atoms with Crippen molar-refractivity contribution in [1.29, 1.82) is 0 Å². The van der Waals surface area contributed by atoms with Crippen molar-refractivity contribution < 1.29 is 9.13 Å². The van der Waals surface area contributed by atoms with Gasteiger partial charge in [-0.2, -0.15) is 4.98 Å². The molecule has 0 aliphatic carbocycles. The van der Waals surface area contributed by atoms with Crippen LogP contribution in [0.25, 0.3) is 0 Å². The lowest BCUT2D eigenvalue weighted by Crippen LogP contribution is -1.97. The number of hydrogen-bond donors (Lipinski definition) is 1. The van der Waals surface area contributed by atoms with E-state index in [4.69, 9.17) is 27.9 Å². The summed E-state index contributed by atoms with van der Waals surface area (Å²) >= 11 is 11.9. The van der Waals surface area contributed by atoms with E-state index in [1.165, 1.54) is 24.3 Å². The van der Waals surface area contributed by atoms with Gasteiger partial charge < -0.3 is 10.1 Å². The zero-order valence-electron chi connectivity index (χ0n) is 9.38. The van der Waals surface area contributed by atoms with Crippen LogP contribution in [0.3, 0.4) is 0 Å². The van der Waals surface area contributed by atoms with Crippen LogP contribution < -0.4 is 10.1 Å². The maximum absolute atomic E-state index is 13.0. The van der Waals surface area contributed by atoms with E-state index in [1.807, 2.05) is 0 Å². The van der Waals surface area contributed by atoms with Crippen LogP contribution in [0.5, 0.6) is 11.6 Å². The van der Waals surface area contributed by atoms with Crippen LogP contribution in [0.1, 0.15) is 0 Å². The molecule has 1 aromatic carbocycles. The van der Waals surface area contributed by atoms with Gasteiger partial charge in [-0.3, -0.25) is 0 Å². The van der Waals surface area contributed by atoms with Gasteiger partial charge in [0, 0.05) is 13.1 Å². The third-order valence-electron chi connectivity index (χ3n) is 2.14. The van der Waals surface area contributed by atoms with Crippen molar-refractivity contribution in [2.45, 2.75) is 0 Å². The molecule has 0 spiro atoms. The molecule has 1 aromatic heterocycles. The van der Waals surface area contributed by atoms with E-state index in [2.05, 4.69) is 10.3 Å². The molecule has 2 aromatic rings. The molecule has 6 heteroatoms. The number of hydrogen-bond acceptors (Lipinski definition) is 3. The minimum Gasteiger partial charge on any atom is -0.437 e. The maximum atomic E-state index is 13.0. The Morgan fingerprint density at radius 2 is 2.00 bits per heavy atom. The molecule has 0 unspecified atom stereocenters. The highest BCUT2D eigenvalue weighted by Crippen LogP contribution is 2.33. The number of aromatic nitrogens is 1. The number of halogens is 3. The fourth-order valence-electron chi connectivity index (χ4n) is 1.34. The molecule has 94 valence electrons. The van der Waals surface area contributed by atoms with E-state index in [9.17, 15) is 4.39 Å². The molecule has 0 radical (unpaired) electrons. The Balaban J connectivity index is 2.34. The van der Waals surface area contributed by atoms with E-state index in [0.717, 1.165) is 0 Å². The smallest absolute Gasteiger partial charge is 0.240 e. The Hall–Kier alpha value is -1.52. The van der Waals surface area contributed by atoms with E-state index >= 15 is 0 Å². The lowest BCUT2D eigenvalue weighted by atomic mass is 10.3. The second-order valence-corrected chi connectivity index (χ2v) is 4.23. The third kappa shape index (κ3) is 2.83. The molecule has 1 N–H and O–H groups in total. The molecular formula is C12H9Cl2FN2O. The first-order valence-electron chi connectivity index (χ1n) is 5.07. The lowest BCUT2D eigenvalue weighted by Gasteiger charge is -2.09. The summed E-state index contributed by atoms with van der Waals surface area (Å²) in [5.74, 6) is 0.517. The average Bonchev–Trinajstić information content (AvgIpc) is 2.33. The average molecular weight is 287 g/mol. The van der Waals surface area contributed by atoms with Crippen LogP contribution in [0.2, 0.25) is 10.0 Å². The third-order valence-corrected chi connectivity index (χ3v) is 2.70. The molecule has 0 bridgehead atoms. The van der Waals surface area contributed by atoms with Crippen LogP contribution in [0.15, 0.2) is 30.3 Å². The van der Waals surface area contributed by atoms with Gasteiger partial charge in [0.05, 0.1) is 5.02 Å². The van der Waals surface area contributed by atoms with Crippen LogP contribution in [-0.2, 0) is 0 Å². The summed E-state index contributed by atoms with van der Waals surface area (Å²) < 4.78 is 18.4. The highest BCUT2D eigenvalue weighted by Gasteiger charge is 2.10. The molecule has 0 atom stereocenters. The molecule has 2 rings (SSSR count). The molecule has 18 heavy (non-hydrogen) atoms. The van der Waals surface area contributed by atoms with E-state index in [1.54, 1.807) is 13.1 Å². The highest BCUT2D eigenvalue weighted by molar-refractivity contribution is 6.36. The Labute approximate surface area is 114 Å². The number of anilines is 1. The fourth-order valence-corrected chi connectivity index (χ4v) is 1.83. The second kappa shape index (κ2) is 5.42. The van der Waals surface area contributed by atoms with E-state index in [0.29, 0.717) is 16.6 Å². The van der Waals surface area contributed by atoms with Gasteiger partial charge in [0.25, 0.3) is 0 Å². The molecule has 0 aliphatic heterocycles. The molecule has 3 nitrogen and oxygen atoms in total. The van der Waals surface area contributed by atoms with Crippen molar-refractivity contribution in [3.8, 4) is 11.6 Å². The Kier molecular flexibility index (Phi) is 3.89. The Morgan fingerprint density at radius 1 is 1.22 bits per heavy atom. The van der Waals surface area contributed by atoms with Gasteiger partial charge in [-0.25, -0.2) is 4.39 Å². The van der Waals surface area contributed by atoms with Crippen molar-refractivity contribution in [3.63, 3.8) is 0 Å². The van der Waals surface area contributed by atoms with Gasteiger partial charge in [-0.05, 0) is 18.2 Å². The highest BCUT2D eigenvalue weighted by atomic mass is 35.5. The molecular weight excluding hydrogens is 278 g/mol. The van der Waals surface area contributed by atoms with E-state index < -0.39 is 5.82 Å². The monoisotopic (exact) mass is 286 g/mol. The number of nitrogens with zero attached hydrogens (tertiary/aromatic N) is 1. The number of pyridine rings is 1. The molecule has 0 amide bonds. The van der Waals surface area contributed by atoms with Gasteiger partial charge in [-0.1, -0.05) is 29.3 Å². The first kappa shape index (κ1) is 12.9. The van der Waals surface area contributed by atoms with Crippen molar-refractivity contribution in [1.82, 2.24) is 4.98 Å². The molecule has 0 fully saturated rings. The maximum Gasteiger partial charge on any atom is 0.240 e. The van der Waals surface area contributed by atoms with E-state index in [-0.39, 0.29) is 10.9 Å². The van der Waals surface area contributed by atoms with Crippen LogP contribution in [0, 0.1) is 5.82 Å². The number of rotatable bonds is 3. The van der Waals surface area contributed by atoms with Gasteiger partial charge in [0.1, 0.15) is 22.4 Å². The van der Waals surface area contributed by atoms with Crippen molar-refractivity contribution in [3.05, 3.63) is 46.2 Å². The minimum absolute atomic E-state index is 0.163. The predicted octanol–water partition coefficient (Wildman–Crippen LogP) is 4.36. The Morgan fingerprint density at radius 3 is 2.67 bits per heavy atom. The zero-order valence-corrected chi connectivity index (χ0v) is 10.9. The SMILES string of the molecule is CNc1nc(Oc2cccc(F)c2)c(Cl)cc1Cl. The van der Waals surface area contributed by atoms with Crippen molar-refractivity contribution >= 4 is 29.0 Å². The second-order valence-electron chi connectivity index (χ2n) is 3.42. The zero-order chi connectivity index (χ0) is 13.1. The Bertz CT molecular complexity index is 578. The topological polar surface area (TPSA) is 34.2 Å². The summed E-state index contributed by atoms with van der Waals surface area (Å²) in [5.41, 5.74) is 0. The van der Waals surface area contributed by atoms with Gasteiger partial charge in [0.2, 0.25) is 5.88 Å². The summed E-state index contributed by atoms with van der Waals surface area (Å²) in [6.07, 6.45) is 0. The van der Waals surface area contributed by atoms with Gasteiger partial charge in [0.15, 0.2) is 0 Å². The molecule has 0 aliphatic rings. The van der Waals surface area contributed by atoms with Crippen LogP contribution in [-0.4, -0.2) is 12.0 Å². The summed E-state index contributed by atoms with van der Waals surface area (Å²) in [6.45, 7) is 0. The first-order valence-corrected chi connectivity index (χ1v) is 5.83. The molecule has 0 saturated heterocycles. The molecule has 0 saturated carbocycles. The predicted molar refractivity (Wildman–Crippen MR) is 70.3 cm³/mol. The number of benzene rings is 1. The first-order chi connectivity index (χ1) is 8.60. The van der Waals surface area contributed by atoms with Gasteiger partial charge >= 0.3 is 0 Å². The number of nitrogens with one attached hydrogen (secondary N) is 1. The van der Waals surface area contributed by atoms with Crippen molar-refractivity contribution in [2.75, 3.05) is 12.4 Å².